The molecule has 1 aromatic carbocycles. The molecule has 1 amide bonds. The van der Waals surface area contributed by atoms with Gasteiger partial charge in [0.05, 0.1) is 10.9 Å². The van der Waals surface area contributed by atoms with Crippen molar-refractivity contribution in [3.8, 4) is 0 Å². The van der Waals surface area contributed by atoms with E-state index in [2.05, 4.69) is 10.3 Å². The summed E-state index contributed by atoms with van der Waals surface area (Å²) in [5, 5.41) is 3.21. The highest BCUT2D eigenvalue weighted by Gasteiger charge is 2.34. The molecule has 134 valence electrons. The Morgan fingerprint density at radius 2 is 2.08 bits per heavy atom. The molecule has 0 saturated carbocycles. The zero-order valence-corrected chi connectivity index (χ0v) is 15.0. The number of sulfonamides is 1. The molecule has 1 fully saturated rings. The van der Waals surface area contributed by atoms with E-state index >= 15 is 0 Å². The third kappa shape index (κ3) is 3.98. The van der Waals surface area contributed by atoms with Crippen LogP contribution in [0.1, 0.15) is 22.0 Å². The summed E-state index contributed by atoms with van der Waals surface area (Å²) in [5.74, 6) is -0.656. The minimum Gasteiger partial charge on any atom is -0.366 e. The number of aromatic nitrogens is 1. The van der Waals surface area contributed by atoms with Gasteiger partial charge in [-0.1, -0.05) is 12.1 Å². The number of hydrogen-bond acceptors (Lipinski definition) is 5. The molecular formula is C16H19ClN4O3S. The molecule has 1 atom stereocenters. The van der Waals surface area contributed by atoms with Crippen molar-refractivity contribution in [1.82, 2.24) is 14.6 Å². The number of pyridine rings is 1. The molecule has 9 heteroatoms. The lowest BCUT2D eigenvalue weighted by atomic mass is 10.1. The SMILES string of the molecule is Cl.NC(=O)c1cccc(S(=O)(=O)N2CCNCC2c2cccnc2)c1. The second kappa shape index (κ2) is 7.92. The second-order valence-electron chi connectivity index (χ2n) is 5.51. The number of carbonyl (C=O) groups excluding carboxylic acids is 1. The summed E-state index contributed by atoms with van der Waals surface area (Å²) < 4.78 is 27.6. The second-order valence-corrected chi connectivity index (χ2v) is 7.40. The predicted octanol–water partition coefficient (Wildman–Crippen LogP) is 0.937. The van der Waals surface area contributed by atoms with E-state index < -0.39 is 15.9 Å². The Labute approximate surface area is 152 Å². The van der Waals surface area contributed by atoms with Crippen molar-refractivity contribution >= 4 is 28.3 Å². The molecule has 0 radical (unpaired) electrons. The van der Waals surface area contributed by atoms with Gasteiger partial charge >= 0.3 is 0 Å². The smallest absolute Gasteiger partial charge is 0.248 e. The minimum atomic E-state index is -3.76. The summed E-state index contributed by atoms with van der Waals surface area (Å²) in [7, 11) is -3.76. The summed E-state index contributed by atoms with van der Waals surface area (Å²) in [6, 6.07) is 9.10. The number of nitrogens with zero attached hydrogens (tertiary/aromatic N) is 2. The number of rotatable bonds is 4. The maximum atomic E-state index is 13.1. The Bertz CT molecular complexity index is 845. The minimum absolute atomic E-state index is 0. The largest absolute Gasteiger partial charge is 0.366 e. The topological polar surface area (TPSA) is 105 Å². The standard InChI is InChI=1S/C16H18N4O3S.ClH/c17-16(21)12-3-1-5-14(9-12)24(22,23)20-8-7-19-11-15(20)13-4-2-6-18-10-13;/h1-6,9-10,15,19H,7-8,11H2,(H2,17,21);1H. The van der Waals surface area contributed by atoms with Crippen LogP contribution in [-0.4, -0.2) is 43.2 Å². The first kappa shape index (κ1) is 19.3. The van der Waals surface area contributed by atoms with Crippen LogP contribution in [0.15, 0.2) is 53.7 Å². The van der Waals surface area contributed by atoms with Gasteiger partial charge in [-0.25, -0.2) is 8.42 Å². The summed E-state index contributed by atoms with van der Waals surface area (Å²) in [5.41, 5.74) is 6.25. The van der Waals surface area contributed by atoms with Gasteiger partial charge in [0, 0.05) is 37.6 Å². The Morgan fingerprint density at radius 1 is 1.28 bits per heavy atom. The molecule has 1 aliphatic rings. The summed E-state index contributed by atoms with van der Waals surface area (Å²) in [6.45, 7) is 1.40. The maximum Gasteiger partial charge on any atom is 0.248 e. The van der Waals surface area contributed by atoms with Gasteiger partial charge in [0.15, 0.2) is 0 Å². The van der Waals surface area contributed by atoms with Crippen molar-refractivity contribution in [3.63, 3.8) is 0 Å². The molecule has 3 rings (SSSR count). The van der Waals surface area contributed by atoms with E-state index in [0.717, 1.165) is 5.56 Å². The number of halogens is 1. The first-order valence-electron chi connectivity index (χ1n) is 7.52. The van der Waals surface area contributed by atoms with Crippen molar-refractivity contribution in [2.24, 2.45) is 5.73 Å². The van der Waals surface area contributed by atoms with Crippen LogP contribution in [0.5, 0.6) is 0 Å². The molecule has 2 heterocycles. The van der Waals surface area contributed by atoms with Crippen molar-refractivity contribution in [2.45, 2.75) is 10.9 Å². The number of benzene rings is 1. The molecule has 1 unspecified atom stereocenters. The lowest BCUT2D eigenvalue weighted by Crippen LogP contribution is -2.48. The number of nitrogens with one attached hydrogen (secondary N) is 1. The van der Waals surface area contributed by atoms with Crippen LogP contribution in [0, 0.1) is 0 Å². The molecule has 25 heavy (non-hydrogen) atoms. The summed E-state index contributed by atoms with van der Waals surface area (Å²) in [4.78, 5) is 15.5. The molecule has 1 saturated heterocycles. The van der Waals surface area contributed by atoms with E-state index in [9.17, 15) is 13.2 Å². The Balaban J connectivity index is 0.00000225. The fourth-order valence-electron chi connectivity index (χ4n) is 2.78. The molecule has 7 nitrogen and oxygen atoms in total. The van der Waals surface area contributed by atoms with E-state index in [1.807, 2.05) is 6.07 Å². The molecule has 1 aromatic heterocycles. The van der Waals surface area contributed by atoms with Crippen LogP contribution < -0.4 is 11.1 Å². The number of nitrogens with two attached hydrogens (primary N) is 1. The summed E-state index contributed by atoms with van der Waals surface area (Å²) >= 11 is 0. The van der Waals surface area contributed by atoms with Gasteiger partial charge in [-0.15, -0.1) is 12.4 Å². The predicted molar refractivity (Wildman–Crippen MR) is 95.9 cm³/mol. The summed E-state index contributed by atoms with van der Waals surface area (Å²) in [6.07, 6.45) is 3.31. The molecule has 2 aromatic rings. The Morgan fingerprint density at radius 3 is 2.76 bits per heavy atom. The van der Waals surface area contributed by atoms with Crippen molar-refractivity contribution in [1.29, 1.82) is 0 Å². The van der Waals surface area contributed by atoms with Gasteiger partial charge in [-0.05, 0) is 29.8 Å². The number of primary amides is 1. The van der Waals surface area contributed by atoms with Gasteiger partial charge in [-0.3, -0.25) is 9.78 Å². The number of carbonyl (C=O) groups is 1. The van der Waals surface area contributed by atoms with Gasteiger partial charge in [0.2, 0.25) is 15.9 Å². The van der Waals surface area contributed by atoms with Crippen LogP contribution in [0.25, 0.3) is 0 Å². The molecule has 3 N–H and O–H groups in total. The number of piperazine rings is 1. The molecule has 0 bridgehead atoms. The quantitative estimate of drug-likeness (QED) is 0.818. The van der Waals surface area contributed by atoms with Crippen molar-refractivity contribution < 1.29 is 13.2 Å². The lowest BCUT2D eigenvalue weighted by molar-refractivity contribution is 0.1000. The highest BCUT2D eigenvalue weighted by molar-refractivity contribution is 7.89. The maximum absolute atomic E-state index is 13.1. The highest BCUT2D eigenvalue weighted by Crippen LogP contribution is 2.28. The van der Waals surface area contributed by atoms with Crippen molar-refractivity contribution in [2.75, 3.05) is 19.6 Å². The fourth-order valence-corrected chi connectivity index (χ4v) is 4.44. The van der Waals surface area contributed by atoms with Gasteiger partial charge in [-0.2, -0.15) is 4.31 Å². The molecule has 0 spiro atoms. The van der Waals surface area contributed by atoms with E-state index in [1.54, 1.807) is 18.5 Å². The van der Waals surface area contributed by atoms with E-state index in [4.69, 9.17) is 5.73 Å². The Hall–Kier alpha value is -2.00. The van der Waals surface area contributed by atoms with Gasteiger partial charge in [0.1, 0.15) is 0 Å². The highest BCUT2D eigenvalue weighted by atomic mass is 35.5. The number of amides is 1. The van der Waals surface area contributed by atoms with Gasteiger partial charge < -0.3 is 11.1 Å². The molecule has 1 aliphatic heterocycles. The number of hydrogen-bond donors (Lipinski definition) is 2. The normalized spacial score (nSPS) is 18.3. The van der Waals surface area contributed by atoms with E-state index in [-0.39, 0.29) is 28.9 Å². The fraction of sp³-hybridized carbons (Fsp3) is 0.250. The van der Waals surface area contributed by atoms with Gasteiger partial charge in [0.25, 0.3) is 0 Å². The average Bonchev–Trinajstić information content (AvgIpc) is 2.62. The third-order valence-corrected chi connectivity index (χ3v) is 5.89. The van der Waals surface area contributed by atoms with Crippen LogP contribution in [0.2, 0.25) is 0 Å². The monoisotopic (exact) mass is 382 g/mol. The van der Waals surface area contributed by atoms with Crippen molar-refractivity contribution in [3.05, 3.63) is 59.9 Å². The molecule has 0 aliphatic carbocycles. The van der Waals surface area contributed by atoms with E-state index in [0.29, 0.717) is 19.6 Å². The average molecular weight is 383 g/mol. The van der Waals surface area contributed by atoms with Crippen LogP contribution in [0.3, 0.4) is 0 Å². The lowest BCUT2D eigenvalue weighted by Gasteiger charge is -2.35. The van der Waals surface area contributed by atoms with Crippen LogP contribution in [0.4, 0.5) is 0 Å². The molecular weight excluding hydrogens is 364 g/mol. The zero-order chi connectivity index (χ0) is 17.2. The van der Waals surface area contributed by atoms with Crippen LogP contribution >= 0.6 is 12.4 Å². The Kier molecular flexibility index (Phi) is 6.12. The third-order valence-electron chi connectivity index (χ3n) is 3.99. The van der Waals surface area contributed by atoms with Crippen LogP contribution in [-0.2, 0) is 10.0 Å². The first-order valence-corrected chi connectivity index (χ1v) is 8.96. The van der Waals surface area contributed by atoms with E-state index in [1.165, 1.54) is 28.6 Å². The zero-order valence-electron chi connectivity index (χ0n) is 13.3. The first-order chi connectivity index (χ1) is 11.5.